The molecule has 1 fully saturated rings. The number of rotatable bonds is 6. The van der Waals surface area contributed by atoms with Crippen LogP contribution in [0.25, 0.3) is 0 Å². The Hall–Kier alpha value is -1.92. The third-order valence-corrected chi connectivity index (χ3v) is 4.61. The molecule has 0 spiro atoms. The number of para-hydroxylation sites is 1. The van der Waals surface area contributed by atoms with Gasteiger partial charge in [-0.2, -0.15) is 0 Å². The summed E-state index contributed by atoms with van der Waals surface area (Å²) in [6.07, 6.45) is 2.21. The van der Waals surface area contributed by atoms with Crippen molar-refractivity contribution in [3.8, 4) is 5.75 Å². The van der Waals surface area contributed by atoms with E-state index in [4.69, 9.17) is 9.47 Å². The van der Waals surface area contributed by atoms with Crippen LogP contribution in [0, 0.1) is 6.92 Å². The Morgan fingerprint density at radius 2 is 2.35 bits per heavy atom. The normalized spacial score (nSPS) is 17.2. The zero-order valence-corrected chi connectivity index (χ0v) is 13.9. The highest BCUT2D eigenvalue weighted by Crippen LogP contribution is 2.20. The van der Waals surface area contributed by atoms with Gasteiger partial charge in [-0.1, -0.05) is 12.1 Å². The largest absolute Gasteiger partial charge is 0.490 e. The monoisotopic (exact) mass is 332 g/mol. The fraction of sp³-hybridized carbons (Fsp3) is 0.412. The number of hydrogen-bond donors (Lipinski definition) is 1. The maximum absolute atomic E-state index is 12.4. The zero-order valence-electron chi connectivity index (χ0n) is 13.1. The second-order valence-corrected chi connectivity index (χ2v) is 6.45. The summed E-state index contributed by atoms with van der Waals surface area (Å²) in [5.41, 5.74) is 1.51. The van der Waals surface area contributed by atoms with E-state index >= 15 is 0 Å². The van der Waals surface area contributed by atoms with E-state index in [1.807, 2.05) is 30.5 Å². The highest BCUT2D eigenvalue weighted by molar-refractivity contribution is 7.09. The zero-order chi connectivity index (χ0) is 16.1. The molecule has 1 aliphatic rings. The van der Waals surface area contributed by atoms with Gasteiger partial charge in [0, 0.05) is 17.7 Å². The van der Waals surface area contributed by atoms with Crippen molar-refractivity contribution >= 4 is 17.2 Å². The summed E-state index contributed by atoms with van der Waals surface area (Å²) >= 11 is 1.54. The van der Waals surface area contributed by atoms with Crippen molar-refractivity contribution in [3.63, 3.8) is 0 Å². The number of benzene rings is 1. The molecule has 122 valence electrons. The standard InChI is InChI=1S/C17H20N2O3S/c1-12-11-23-16(19-12)9-18-17(20)14-6-2-3-7-15(14)22-10-13-5-4-8-21-13/h2-3,6-7,11,13H,4-5,8-10H2,1H3,(H,18,20). The van der Waals surface area contributed by atoms with Gasteiger partial charge in [0.15, 0.2) is 0 Å². The van der Waals surface area contributed by atoms with Gasteiger partial charge in [-0.05, 0) is 31.9 Å². The van der Waals surface area contributed by atoms with Crippen LogP contribution in [-0.4, -0.2) is 30.2 Å². The molecule has 1 aliphatic heterocycles. The van der Waals surface area contributed by atoms with Crippen molar-refractivity contribution in [1.82, 2.24) is 10.3 Å². The summed E-state index contributed by atoms with van der Waals surface area (Å²) in [5, 5.41) is 5.76. The number of thiazole rings is 1. The Labute approximate surface area is 139 Å². The first-order valence-electron chi connectivity index (χ1n) is 7.75. The van der Waals surface area contributed by atoms with E-state index in [0.717, 1.165) is 30.2 Å². The predicted octanol–water partition coefficient (Wildman–Crippen LogP) is 2.94. The second kappa shape index (κ2) is 7.57. The van der Waals surface area contributed by atoms with Gasteiger partial charge in [0.1, 0.15) is 17.4 Å². The molecule has 5 nitrogen and oxygen atoms in total. The smallest absolute Gasteiger partial charge is 0.255 e. The number of aryl methyl sites for hydroxylation is 1. The van der Waals surface area contributed by atoms with Gasteiger partial charge in [-0.15, -0.1) is 11.3 Å². The van der Waals surface area contributed by atoms with E-state index < -0.39 is 0 Å². The average Bonchev–Trinajstić information content (AvgIpc) is 3.22. The minimum Gasteiger partial charge on any atom is -0.490 e. The molecule has 3 rings (SSSR count). The molecule has 2 heterocycles. The second-order valence-electron chi connectivity index (χ2n) is 5.51. The molecule has 1 amide bonds. The Bertz CT molecular complexity index is 665. The molecule has 1 atom stereocenters. The van der Waals surface area contributed by atoms with Crippen molar-refractivity contribution in [1.29, 1.82) is 0 Å². The predicted molar refractivity (Wildman–Crippen MR) is 88.9 cm³/mol. The first-order chi connectivity index (χ1) is 11.2. The van der Waals surface area contributed by atoms with E-state index in [1.165, 1.54) is 0 Å². The van der Waals surface area contributed by atoms with Gasteiger partial charge in [-0.3, -0.25) is 4.79 Å². The highest BCUT2D eigenvalue weighted by atomic mass is 32.1. The Morgan fingerprint density at radius 1 is 1.48 bits per heavy atom. The number of carbonyl (C=O) groups excluding carboxylic acids is 1. The summed E-state index contributed by atoms with van der Waals surface area (Å²) in [6, 6.07) is 7.29. The molecule has 0 radical (unpaired) electrons. The first-order valence-corrected chi connectivity index (χ1v) is 8.63. The van der Waals surface area contributed by atoms with Crippen LogP contribution in [-0.2, 0) is 11.3 Å². The number of nitrogens with zero attached hydrogens (tertiary/aromatic N) is 1. The van der Waals surface area contributed by atoms with Crippen LogP contribution in [0.2, 0.25) is 0 Å². The molecule has 1 aromatic heterocycles. The van der Waals surface area contributed by atoms with Crippen molar-refractivity contribution in [3.05, 3.63) is 45.9 Å². The van der Waals surface area contributed by atoms with Crippen LogP contribution in [0.15, 0.2) is 29.6 Å². The Balaban J connectivity index is 1.60. The Kier molecular flexibility index (Phi) is 5.25. The van der Waals surface area contributed by atoms with Gasteiger partial charge >= 0.3 is 0 Å². The van der Waals surface area contributed by atoms with Gasteiger partial charge in [0.2, 0.25) is 0 Å². The van der Waals surface area contributed by atoms with E-state index in [-0.39, 0.29) is 12.0 Å². The Morgan fingerprint density at radius 3 is 3.09 bits per heavy atom. The molecular formula is C17H20N2O3S. The number of hydrogen-bond acceptors (Lipinski definition) is 5. The fourth-order valence-electron chi connectivity index (χ4n) is 2.47. The summed E-state index contributed by atoms with van der Waals surface area (Å²) in [5.74, 6) is 0.441. The first kappa shape index (κ1) is 16.0. The quantitative estimate of drug-likeness (QED) is 0.883. The highest BCUT2D eigenvalue weighted by Gasteiger charge is 2.18. The van der Waals surface area contributed by atoms with Crippen LogP contribution in [0.4, 0.5) is 0 Å². The molecular weight excluding hydrogens is 312 g/mol. The lowest BCUT2D eigenvalue weighted by Crippen LogP contribution is -2.24. The molecule has 0 aliphatic carbocycles. The van der Waals surface area contributed by atoms with E-state index in [0.29, 0.717) is 24.5 Å². The van der Waals surface area contributed by atoms with Gasteiger partial charge in [0.05, 0.1) is 18.2 Å². The maximum atomic E-state index is 12.4. The average molecular weight is 332 g/mol. The SMILES string of the molecule is Cc1csc(CNC(=O)c2ccccc2OCC2CCCO2)n1. The van der Waals surface area contributed by atoms with Crippen LogP contribution in [0.5, 0.6) is 5.75 Å². The fourth-order valence-corrected chi connectivity index (χ4v) is 3.19. The third-order valence-electron chi connectivity index (χ3n) is 3.65. The molecule has 0 saturated carbocycles. The minimum atomic E-state index is -0.152. The third kappa shape index (κ3) is 4.30. The van der Waals surface area contributed by atoms with Crippen molar-refractivity contribution in [2.45, 2.75) is 32.4 Å². The number of nitrogens with one attached hydrogen (secondary N) is 1. The van der Waals surface area contributed by atoms with Crippen LogP contribution in [0.3, 0.4) is 0 Å². The summed E-state index contributed by atoms with van der Waals surface area (Å²) < 4.78 is 11.3. The molecule has 23 heavy (non-hydrogen) atoms. The van der Waals surface area contributed by atoms with E-state index in [9.17, 15) is 4.79 Å². The lowest BCUT2D eigenvalue weighted by molar-refractivity contribution is 0.0670. The van der Waals surface area contributed by atoms with Crippen LogP contribution >= 0.6 is 11.3 Å². The van der Waals surface area contributed by atoms with Gasteiger partial charge < -0.3 is 14.8 Å². The molecule has 6 heteroatoms. The van der Waals surface area contributed by atoms with Crippen molar-refractivity contribution in [2.75, 3.05) is 13.2 Å². The minimum absolute atomic E-state index is 0.129. The summed E-state index contributed by atoms with van der Waals surface area (Å²) in [4.78, 5) is 16.7. The van der Waals surface area contributed by atoms with Crippen molar-refractivity contribution < 1.29 is 14.3 Å². The maximum Gasteiger partial charge on any atom is 0.255 e. The molecule has 2 aromatic rings. The van der Waals surface area contributed by atoms with Crippen molar-refractivity contribution in [2.24, 2.45) is 0 Å². The van der Waals surface area contributed by atoms with E-state index in [2.05, 4.69) is 10.3 Å². The van der Waals surface area contributed by atoms with E-state index in [1.54, 1.807) is 17.4 Å². The van der Waals surface area contributed by atoms with Crippen LogP contribution < -0.4 is 10.1 Å². The lowest BCUT2D eigenvalue weighted by Gasteiger charge is -2.14. The number of carbonyl (C=O) groups is 1. The van der Waals surface area contributed by atoms with Gasteiger partial charge in [-0.25, -0.2) is 4.98 Å². The molecule has 1 aromatic carbocycles. The lowest BCUT2D eigenvalue weighted by atomic mass is 10.2. The number of ether oxygens (including phenoxy) is 2. The topological polar surface area (TPSA) is 60.5 Å². The number of aromatic nitrogens is 1. The molecule has 1 N–H and O–H groups in total. The summed E-state index contributed by atoms with van der Waals surface area (Å²) in [6.45, 7) is 3.65. The summed E-state index contributed by atoms with van der Waals surface area (Å²) in [7, 11) is 0. The van der Waals surface area contributed by atoms with Crippen LogP contribution in [0.1, 0.15) is 33.9 Å². The van der Waals surface area contributed by atoms with Gasteiger partial charge in [0.25, 0.3) is 5.91 Å². The molecule has 0 bridgehead atoms. The molecule has 1 unspecified atom stereocenters. The molecule has 1 saturated heterocycles. The number of amides is 1.